The third-order valence-electron chi connectivity index (χ3n) is 8.52. The molecular weight excluding hydrogens is 302 g/mol. The average Bonchev–Trinajstić information content (AvgIpc) is 2.85. The maximum Gasteiger partial charge on any atom is 0.207 e. The Morgan fingerprint density at radius 2 is 1.88 bits per heavy atom. The minimum Gasteiger partial charge on any atom is -0.349 e. The Hall–Kier alpha value is -1.19. The van der Waals surface area contributed by atoms with E-state index >= 15 is 0 Å². The number of Topliss-reactive ketones (excluding diaryl/α,β-unsaturated/α-hetero) is 2. The van der Waals surface area contributed by atoms with Crippen LogP contribution >= 0.6 is 0 Å². The fourth-order valence-corrected chi connectivity index (χ4v) is 7.13. The van der Waals surface area contributed by atoms with Gasteiger partial charge in [-0.05, 0) is 67.6 Å². The van der Waals surface area contributed by atoms with Gasteiger partial charge in [0.25, 0.3) is 0 Å². The molecule has 0 radical (unpaired) electrons. The van der Waals surface area contributed by atoms with Gasteiger partial charge in [-0.3, -0.25) is 14.4 Å². The first kappa shape index (κ1) is 16.3. The molecule has 0 spiro atoms. The molecular formula is C20H29NO3. The Morgan fingerprint density at radius 3 is 2.62 bits per heavy atom. The second kappa shape index (κ2) is 5.40. The van der Waals surface area contributed by atoms with Crippen LogP contribution in [0.2, 0.25) is 0 Å². The van der Waals surface area contributed by atoms with E-state index in [-0.39, 0.29) is 22.7 Å². The average molecular weight is 331 g/mol. The lowest BCUT2D eigenvalue weighted by Gasteiger charge is -2.60. The SMILES string of the molecule is C[C@]12CC(NC=O)C(=O)CC1CC[C@@H]1[C@@H]2CC[C@]2(C)C(=O)CC[C@@H]12. The molecule has 2 unspecified atom stereocenters. The Morgan fingerprint density at radius 1 is 1.08 bits per heavy atom. The minimum atomic E-state index is -0.305. The summed E-state index contributed by atoms with van der Waals surface area (Å²) < 4.78 is 0. The number of nitrogens with one attached hydrogen (secondary N) is 1. The van der Waals surface area contributed by atoms with E-state index in [0.717, 1.165) is 38.5 Å². The van der Waals surface area contributed by atoms with E-state index in [4.69, 9.17) is 0 Å². The molecule has 1 N–H and O–H groups in total. The van der Waals surface area contributed by atoms with Crippen molar-refractivity contribution in [1.29, 1.82) is 0 Å². The van der Waals surface area contributed by atoms with Gasteiger partial charge in [0.15, 0.2) is 5.78 Å². The van der Waals surface area contributed by atoms with Gasteiger partial charge in [-0.15, -0.1) is 0 Å². The van der Waals surface area contributed by atoms with Crippen LogP contribution in [-0.2, 0) is 14.4 Å². The molecule has 132 valence electrons. The van der Waals surface area contributed by atoms with Crippen molar-refractivity contribution < 1.29 is 14.4 Å². The number of hydrogen-bond acceptors (Lipinski definition) is 3. The van der Waals surface area contributed by atoms with Gasteiger partial charge in [0.1, 0.15) is 5.78 Å². The van der Waals surface area contributed by atoms with Crippen LogP contribution in [0.5, 0.6) is 0 Å². The van der Waals surface area contributed by atoms with Crippen molar-refractivity contribution in [3.8, 4) is 0 Å². The first-order chi connectivity index (χ1) is 11.4. The van der Waals surface area contributed by atoms with Crippen molar-refractivity contribution in [2.45, 2.75) is 71.3 Å². The monoisotopic (exact) mass is 331 g/mol. The van der Waals surface area contributed by atoms with Gasteiger partial charge < -0.3 is 5.32 Å². The molecule has 0 aromatic rings. The predicted octanol–water partition coefficient (Wildman–Crippen LogP) is 2.89. The van der Waals surface area contributed by atoms with Crippen molar-refractivity contribution in [2.75, 3.05) is 0 Å². The molecule has 4 aliphatic carbocycles. The molecule has 4 fully saturated rings. The van der Waals surface area contributed by atoms with Crippen molar-refractivity contribution >= 4 is 18.0 Å². The molecule has 0 aromatic carbocycles. The molecule has 0 aromatic heterocycles. The Labute approximate surface area is 144 Å². The van der Waals surface area contributed by atoms with Crippen LogP contribution in [0, 0.1) is 34.5 Å². The molecule has 0 saturated heterocycles. The number of rotatable bonds is 2. The number of amides is 1. The molecule has 0 heterocycles. The second-order valence-electron chi connectivity index (χ2n) is 9.29. The summed E-state index contributed by atoms with van der Waals surface area (Å²) in [4.78, 5) is 35.7. The molecule has 1 amide bonds. The largest absolute Gasteiger partial charge is 0.349 e. The summed E-state index contributed by atoms with van der Waals surface area (Å²) in [7, 11) is 0. The highest BCUT2D eigenvalue weighted by Crippen LogP contribution is 2.65. The summed E-state index contributed by atoms with van der Waals surface area (Å²) in [6.07, 6.45) is 8.32. The predicted molar refractivity (Wildman–Crippen MR) is 90.1 cm³/mol. The normalized spacial score (nSPS) is 50.7. The molecule has 7 atom stereocenters. The second-order valence-corrected chi connectivity index (χ2v) is 9.29. The zero-order valence-corrected chi connectivity index (χ0v) is 14.8. The number of hydrogen-bond donors (Lipinski definition) is 1. The van der Waals surface area contributed by atoms with Crippen LogP contribution in [0.25, 0.3) is 0 Å². The Balaban J connectivity index is 1.63. The zero-order chi connectivity index (χ0) is 17.1. The van der Waals surface area contributed by atoms with E-state index in [1.807, 2.05) is 0 Å². The van der Waals surface area contributed by atoms with Crippen LogP contribution in [-0.4, -0.2) is 24.0 Å². The van der Waals surface area contributed by atoms with E-state index in [1.54, 1.807) is 0 Å². The quantitative estimate of drug-likeness (QED) is 0.791. The number of carbonyl (C=O) groups excluding carboxylic acids is 3. The first-order valence-corrected chi connectivity index (χ1v) is 9.66. The third-order valence-corrected chi connectivity index (χ3v) is 8.52. The van der Waals surface area contributed by atoms with Gasteiger partial charge in [-0.25, -0.2) is 0 Å². The zero-order valence-electron chi connectivity index (χ0n) is 14.8. The molecule has 24 heavy (non-hydrogen) atoms. The fourth-order valence-electron chi connectivity index (χ4n) is 7.13. The van der Waals surface area contributed by atoms with Crippen LogP contribution in [0.3, 0.4) is 0 Å². The number of carbonyl (C=O) groups is 3. The van der Waals surface area contributed by atoms with Gasteiger partial charge in [-0.1, -0.05) is 13.8 Å². The van der Waals surface area contributed by atoms with Gasteiger partial charge >= 0.3 is 0 Å². The van der Waals surface area contributed by atoms with Gasteiger partial charge in [0.2, 0.25) is 6.41 Å². The molecule has 4 heteroatoms. The number of fused-ring (bicyclic) bond motifs is 5. The third kappa shape index (κ3) is 2.07. The summed E-state index contributed by atoms with van der Waals surface area (Å²) in [5.74, 6) is 2.91. The Kier molecular flexibility index (Phi) is 3.67. The summed E-state index contributed by atoms with van der Waals surface area (Å²) in [5, 5.41) is 2.76. The lowest BCUT2D eigenvalue weighted by atomic mass is 9.45. The van der Waals surface area contributed by atoms with Gasteiger partial charge in [-0.2, -0.15) is 0 Å². The van der Waals surface area contributed by atoms with Crippen molar-refractivity contribution in [2.24, 2.45) is 34.5 Å². The smallest absolute Gasteiger partial charge is 0.207 e. The molecule has 0 bridgehead atoms. The lowest BCUT2D eigenvalue weighted by Crippen LogP contribution is -2.58. The van der Waals surface area contributed by atoms with E-state index in [1.165, 1.54) is 6.42 Å². The number of ketones is 2. The summed E-state index contributed by atoms with van der Waals surface area (Å²) in [6.45, 7) is 4.57. The van der Waals surface area contributed by atoms with Gasteiger partial charge in [0, 0.05) is 18.3 Å². The van der Waals surface area contributed by atoms with Crippen molar-refractivity contribution in [1.82, 2.24) is 5.32 Å². The standard InChI is InChI=1S/C20H29NO3/c1-19-8-7-15-13(14(19)5-6-18(19)24)4-3-12-9-17(23)16(21-11-22)10-20(12,15)2/h11-16H,3-10H2,1-2H3,(H,21,22)/t12?,13-,14-,15-,16?,19-,20-/m0/s1. The van der Waals surface area contributed by atoms with E-state index in [0.29, 0.717) is 42.3 Å². The Bertz CT molecular complexity index is 587. The van der Waals surface area contributed by atoms with Crippen molar-refractivity contribution in [3.63, 3.8) is 0 Å². The van der Waals surface area contributed by atoms with E-state index in [9.17, 15) is 14.4 Å². The maximum atomic E-state index is 12.5. The van der Waals surface area contributed by atoms with Crippen LogP contribution in [0.4, 0.5) is 0 Å². The highest BCUT2D eigenvalue weighted by Gasteiger charge is 2.61. The van der Waals surface area contributed by atoms with Crippen LogP contribution < -0.4 is 5.32 Å². The molecule has 0 aliphatic heterocycles. The molecule has 4 aliphatic rings. The summed E-state index contributed by atoms with van der Waals surface area (Å²) >= 11 is 0. The highest BCUT2D eigenvalue weighted by molar-refractivity contribution is 5.88. The molecule has 4 saturated carbocycles. The van der Waals surface area contributed by atoms with Crippen molar-refractivity contribution in [3.05, 3.63) is 0 Å². The van der Waals surface area contributed by atoms with E-state index < -0.39 is 0 Å². The fraction of sp³-hybridized carbons (Fsp3) is 0.850. The maximum absolute atomic E-state index is 12.5. The molecule has 4 nitrogen and oxygen atoms in total. The van der Waals surface area contributed by atoms with Gasteiger partial charge in [0.05, 0.1) is 6.04 Å². The minimum absolute atomic E-state index is 0.0880. The highest BCUT2D eigenvalue weighted by atomic mass is 16.1. The first-order valence-electron chi connectivity index (χ1n) is 9.66. The topological polar surface area (TPSA) is 63.2 Å². The summed E-state index contributed by atoms with van der Waals surface area (Å²) in [6, 6.07) is -0.305. The van der Waals surface area contributed by atoms with Crippen LogP contribution in [0.15, 0.2) is 0 Å². The molecule has 4 rings (SSSR count). The van der Waals surface area contributed by atoms with Crippen LogP contribution in [0.1, 0.15) is 65.2 Å². The lowest BCUT2D eigenvalue weighted by molar-refractivity contribution is -0.147. The van der Waals surface area contributed by atoms with E-state index in [2.05, 4.69) is 19.2 Å². The summed E-state index contributed by atoms with van der Waals surface area (Å²) in [5.41, 5.74) is 0.0414.